The summed E-state index contributed by atoms with van der Waals surface area (Å²) in [5.74, 6) is 1.83. The molecule has 3 rings (SSSR count). The molecule has 1 N–H and O–H groups in total. The molecule has 1 amide bonds. The van der Waals surface area contributed by atoms with Crippen molar-refractivity contribution in [3.05, 3.63) is 35.9 Å². The summed E-state index contributed by atoms with van der Waals surface area (Å²) in [5, 5.41) is 3.18. The van der Waals surface area contributed by atoms with Crippen LogP contribution in [0.1, 0.15) is 77.7 Å². The van der Waals surface area contributed by atoms with Crippen molar-refractivity contribution in [3.8, 4) is 0 Å². The van der Waals surface area contributed by atoms with Gasteiger partial charge in [-0.25, -0.2) is 4.79 Å². The number of hydrogen-bond acceptors (Lipinski definition) is 2. The molecule has 154 valence electrons. The summed E-state index contributed by atoms with van der Waals surface area (Å²) in [6.07, 6.45) is 12.8. The molecule has 0 aromatic heterocycles. The van der Waals surface area contributed by atoms with Crippen LogP contribution in [0.3, 0.4) is 0 Å². The molecule has 4 heteroatoms. The van der Waals surface area contributed by atoms with Crippen LogP contribution in [0.4, 0.5) is 4.79 Å². The second-order valence-corrected chi connectivity index (χ2v) is 10.0. The summed E-state index contributed by atoms with van der Waals surface area (Å²) in [5.41, 5.74) is 0.823. The Bertz CT molecular complexity index is 599. The molecule has 1 aromatic carbocycles. The Kier molecular flexibility index (Phi) is 7.48. The fourth-order valence-corrected chi connectivity index (χ4v) is 5.45. The van der Waals surface area contributed by atoms with Crippen LogP contribution in [0.25, 0.3) is 0 Å². The van der Waals surface area contributed by atoms with Crippen molar-refractivity contribution in [2.75, 3.05) is 0 Å². The van der Waals surface area contributed by atoms with Crippen LogP contribution < -0.4 is 5.32 Å². The number of carbonyl (C=O) groups excluding carboxylic acids is 1. The molecule has 2 saturated heterocycles. The van der Waals surface area contributed by atoms with Crippen LogP contribution in [-0.4, -0.2) is 24.4 Å². The normalized spacial score (nSPS) is 23.6. The average Bonchev–Trinajstić information content (AvgIpc) is 2.73. The first-order valence-corrected chi connectivity index (χ1v) is 11.4. The SMILES string of the molecule is CC(C)(C)OC(=O)N[C@H](CCB1[C@@H]2CCCC[C@H]1CCC2)Cc1ccccc1. The van der Waals surface area contributed by atoms with E-state index in [1.54, 1.807) is 0 Å². The third-order valence-electron chi connectivity index (χ3n) is 6.65. The minimum absolute atomic E-state index is 0.140. The number of alkyl carbamates (subject to hydrolysis) is 1. The van der Waals surface area contributed by atoms with Gasteiger partial charge in [-0.05, 0) is 39.2 Å². The van der Waals surface area contributed by atoms with Crippen molar-refractivity contribution in [3.63, 3.8) is 0 Å². The number of amides is 1. The summed E-state index contributed by atoms with van der Waals surface area (Å²) < 4.78 is 5.54. The molecule has 0 unspecified atom stereocenters. The van der Waals surface area contributed by atoms with Crippen LogP contribution >= 0.6 is 0 Å². The van der Waals surface area contributed by atoms with E-state index >= 15 is 0 Å². The summed E-state index contributed by atoms with van der Waals surface area (Å²) in [7, 11) is 0. The first kappa shape index (κ1) is 21.3. The van der Waals surface area contributed by atoms with E-state index in [1.165, 1.54) is 56.8 Å². The van der Waals surface area contributed by atoms with Crippen molar-refractivity contribution in [1.29, 1.82) is 0 Å². The fourth-order valence-electron chi connectivity index (χ4n) is 5.45. The minimum atomic E-state index is -0.459. The maximum Gasteiger partial charge on any atom is 0.407 e. The molecular weight excluding hydrogens is 345 g/mol. The Hall–Kier alpha value is -1.45. The van der Waals surface area contributed by atoms with Gasteiger partial charge in [-0.2, -0.15) is 0 Å². The molecule has 0 radical (unpaired) electrons. The first-order chi connectivity index (χ1) is 13.4. The maximum atomic E-state index is 12.4. The molecule has 3 atom stereocenters. The van der Waals surface area contributed by atoms with Gasteiger partial charge in [0.2, 0.25) is 0 Å². The average molecular weight is 383 g/mol. The Morgan fingerprint density at radius 3 is 2.29 bits per heavy atom. The zero-order chi connectivity index (χ0) is 20.0. The quantitative estimate of drug-likeness (QED) is 0.569. The standard InChI is InChI=1S/C24H38BNO2/c1-24(2,3)28-23(27)26-22(18-19-10-5-4-6-11-19)16-17-25-20-12-7-8-13-21(25)15-9-14-20/h4-6,10-11,20-22H,7-9,12-18H2,1-3H3,(H,26,27)/t20-,21+,22-/m1/s1. The molecule has 2 fully saturated rings. The van der Waals surface area contributed by atoms with E-state index in [-0.39, 0.29) is 12.1 Å². The predicted molar refractivity (Wildman–Crippen MR) is 118 cm³/mol. The van der Waals surface area contributed by atoms with Crippen LogP contribution in [0.2, 0.25) is 18.0 Å². The van der Waals surface area contributed by atoms with Crippen molar-refractivity contribution < 1.29 is 9.53 Å². The number of benzene rings is 1. The lowest BCUT2D eigenvalue weighted by molar-refractivity contribution is 0.0503. The molecule has 2 heterocycles. The largest absolute Gasteiger partial charge is 0.444 e. The number of ether oxygens (including phenoxy) is 1. The highest BCUT2D eigenvalue weighted by atomic mass is 16.6. The molecule has 3 nitrogen and oxygen atoms in total. The summed E-state index contributed by atoms with van der Waals surface area (Å²) in [6.45, 7) is 6.62. The molecule has 1 aromatic rings. The number of nitrogens with one attached hydrogen (secondary N) is 1. The van der Waals surface area contributed by atoms with Crippen molar-refractivity contribution >= 4 is 12.8 Å². The predicted octanol–water partition coefficient (Wildman–Crippen LogP) is 6.51. The number of carbonyl (C=O) groups is 1. The van der Waals surface area contributed by atoms with Crippen molar-refractivity contribution in [2.45, 2.75) is 108 Å². The zero-order valence-corrected chi connectivity index (χ0v) is 18.1. The van der Waals surface area contributed by atoms with Gasteiger partial charge >= 0.3 is 6.09 Å². The molecule has 0 aliphatic carbocycles. The van der Waals surface area contributed by atoms with E-state index < -0.39 is 5.60 Å². The third-order valence-corrected chi connectivity index (χ3v) is 6.65. The smallest absolute Gasteiger partial charge is 0.407 e. The summed E-state index contributed by atoms with van der Waals surface area (Å²) in [4.78, 5) is 12.4. The summed E-state index contributed by atoms with van der Waals surface area (Å²) in [6, 6.07) is 10.7. The zero-order valence-electron chi connectivity index (χ0n) is 18.1. The van der Waals surface area contributed by atoms with Crippen LogP contribution in [0, 0.1) is 0 Å². The van der Waals surface area contributed by atoms with Crippen LogP contribution in [0.15, 0.2) is 30.3 Å². The second-order valence-electron chi connectivity index (χ2n) is 10.0. The Labute approximate surface area is 172 Å². The lowest BCUT2D eigenvalue weighted by Gasteiger charge is -2.35. The van der Waals surface area contributed by atoms with Gasteiger partial charge in [0.1, 0.15) is 12.3 Å². The van der Waals surface area contributed by atoms with Crippen LogP contribution in [0.5, 0.6) is 0 Å². The van der Waals surface area contributed by atoms with E-state index in [2.05, 4.69) is 29.6 Å². The van der Waals surface area contributed by atoms with Gasteiger partial charge in [0.15, 0.2) is 0 Å². The second kappa shape index (κ2) is 9.85. The van der Waals surface area contributed by atoms with Crippen molar-refractivity contribution in [2.24, 2.45) is 0 Å². The van der Waals surface area contributed by atoms with E-state index in [0.29, 0.717) is 0 Å². The van der Waals surface area contributed by atoms with Gasteiger partial charge in [0.05, 0.1) is 0 Å². The van der Waals surface area contributed by atoms with Crippen LogP contribution in [-0.2, 0) is 11.2 Å². The lowest BCUT2D eigenvalue weighted by atomic mass is 9.28. The molecule has 2 aliphatic heterocycles. The molecule has 0 saturated carbocycles. The van der Waals surface area contributed by atoms with Gasteiger partial charge in [0, 0.05) is 6.04 Å². The number of fused-ring (bicyclic) bond motifs is 2. The monoisotopic (exact) mass is 383 g/mol. The van der Waals surface area contributed by atoms with Crippen molar-refractivity contribution in [1.82, 2.24) is 5.32 Å². The highest BCUT2D eigenvalue weighted by molar-refractivity contribution is 6.62. The molecule has 28 heavy (non-hydrogen) atoms. The topological polar surface area (TPSA) is 38.3 Å². The van der Waals surface area contributed by atoms with Gasteiger partial charge in [-0.1, -0.05) is 93.2 Å². The molecular formula is C24H38BNO2. The number of hydrogen-bond donors (Lipinski definition) is 1. The van der Waals surface area contributed by atoms with Gasteiger partial charge in [0.25, 0.3) is 0 Å². The summed E-state index contributed by atoms with van der Waals surface area (Å²) >= 11 is 0. The Morgan fingerprint density at radius 1 is 1.07 bits per heavy atom. The minimum Gasteiger partial charge on any atom is -0.444 e. The highest BCUT2D eigenvalue weighted by Crippen LogP contribution is 2.46. The number of rotatable bonds is 6. The van der Waals surface area contributed by atoms with Gasteiger partial charge in [-0.3, -0.25) is 0 Å². The Morgan fingerprint density at radius 2 is 1.68 bits per heavy atom. The van der Waals surface area contributed by atoms with E-state index in [0.717, 1.165) is 31.2 Å². The third kappa shape index (κ3) is 6.56. The first-order valence-electron chi connectivity index (χ1n) is 11.4. The Balaban J connectivity index is 1.63. The maximum absolute atomic E-state index is 12.4. The fraction of sp³-hybridized carbons (Fsp3) is 0.708. The molecule has 0 spiro atoms. The van der Waals surface area contributed by atoms with Gasteiger partial charge in [-0.15, -0.1) is 0 Å². The van der Waals surface area contributed by atoms with E-state index in [4.69, 9.17) is 4.74 Å². The highest BCUT2D eigenvalue weighted by Gasteiger charge is 2.37. The van der Waals surface area contributed by atoms with E-state index in [9.17, 15) is 4.79 Å². The van der Waals surface area contributed by atoms with Gasteiger partial charge < -0.3 is 10.1 Å². The van der Waals surface area contributed by atoms with E-state index in [1.807, 2.05) is 26.8 Å². The molecule has 2 aliphatic rings. The molecule has 2 bridgehead atoms. The lowest BCUT2D eigenvalue weighted by Crippen LogP contribution is -2.41.